The van der Waals surface area contributed by atoms with Crippen LogP contribution < -0.4 is 0 Å². The van der Waals surface area contributed by atoms with Crippen LogP contribution in [-0.2, 0) is 10.6 Å². The van der Waals surface area contributed by atoms with Crippen molar-refractivity contribution in [3.8, 4) is 0 Å². The first kappa shape index (κ1) is 13.3. The van der Waals surface area contributed by atoms with E-state index in [4.69, 9.17) is 11.6 Å². The van der Waals surface area contributed by atoms with Gasteiger partial charge in [-0.25, -0.2) is 18.6 Å². The van der Waals surface area contributed by atoms with Crippen molar-refractivity contribution < 1.29 is 18.3 Å². The van der Waals surface area contributed by atoms with Crippen molar-refractivity contribution in [2.75, 3.05) is 7.11 Å². The van der Waals surface area contributed by atoms with Crippen LogP contribution in [0.5, 0.6) is 0 Å². The van der Waals surface area contributed by atoms with Crippen molar-refractivity contribution in [2.24, 2.45) is 0 Å². The number of pyridine rings is 1. The zero-order valence-electron chi connectivity index (χ0n) is 8.14. The molecule has 0 atom stereocenters. The van der Waals surface area contributed by atoms with E-state index in [1.807, 2.05) is 0 Å². The highest BCUT2D eigenvalue weighted by atomic mass is 79.9. The van der Waals surface area contributed by atoms with Crippen LogP contribution in [0.15, 0.2) is 10.7 Å². The van der Waals surface area contributed by atoms with Crippen LogP contribution in [0.25, 0.3) is 0 Å². The molecule has 0 bridgehead atoms. The molecule has 0 fully saturated rings. The lowest BCUT2D eigenvalue weighted by Crippen LogP contribution is -2.12. The lowest BCUT2D eigenvalue weighted by Gasteiger charge is -2.10. The van der Waals surface area contributed by atoms with Gasteiger partial charge in [0.15, 0.2) is 0 Å². The molecule has 88 valence electrons. The highest BCUT2D eigenvalue weighted by Crippen LogP contribution is 2.27. The van der Waals surface area contributed by atoms with E-state index in [1.165, 1.54) is 6.07 Å². The summed E-state index contributed by atoms with van der Waals surface area (Å²) in [4.78, 5) is 14.9. The first-order valence-electron chi connectivity index (χ1n) is 4.13. The fourth-order valence-electron chi connectivity index (χ4n) is 1.18. The summed E-state index contributed by atoms with van der Waals surface area (Å²) in [6, 6.07) is 1.41. The number of rotatable bonds is 3. The van der Waals surface area contributed by atoms with Gasteiger partial charge >= 0.3 is 5.97 Å². The first-order valence-corrected chi connectivity index (χ1v) is 5.45. The molecule has 0 aliphatic heterocycles. The normalized spacial score (nSPS) is 10.6. The highest BCUT2D eigenvalue weighted by molar-refractivity contribution is 9.10. The van der Waals surface area contributed by atoms with Crippen LogP contribution in [-0.4, -0.2) is 18.1 Å². The molecular formula is C9H7BrClF2NO2. The first-order chi connectivity index (χ1) is 7.51. The molecule has 0 spiro atoms. The molecule has 0 N–H and O–H groups in total. The SMILES string of the molecule is COC(=O)c1c(CCl)cc(Br)nc1C(F)F. The Morgan fingerprint density at radius 2 is 2.31 bits per heavy atom. The number of methoxy groups -OCH3 is 1. The van der Waals surface area contributed by atoms with Crippen LogP contribution in [0.1, 0.15) is 28.0 Å². The average molecular weight is 315 g/mol. The van der Waals surface area contributed by atoms with E-state index in [-0.39, 0.29) is 21.6 Å². The Hall–Kier alpha value is -0.750. The topological polar surface area (TPSA) is 39.2 Å². The number of esters is 1. The zero-order valence-corrected chi connectivity index (χ0v) is 10.5. The lowest BCUT2D eigenvalue weighted by molar-refractivity contribution is 0.0586. The van der Waals surface area contributed by atoms with E-state index in [2.05, 4.69) is 25.7 Å². The summed E-state index contributed by atoms with van der Waals surface area (Å²) in [6.07, 6.45) is -2.87. The molecule has 1 rings (SSSR count). The molecule has 3 nitrogen and oxygen atoms in total. The van der Waals surface area contributed by atoms with E-state index in [9.17, 15) is 13.6 Å². The maximum Gasteiger partial charge on any atom is 0.340 e. The number of hydrogen-bond acceptors (Lipinski definition) is 3. The third-order valence-electron chi connectivity index (χ3n) is 1.84. The largest absolute Gasteiger partial charge is 0.465 e. The predicted octanol–water partition coefficient (Wildman–Crippen LogP) is 3.31. The quantitative estimate of drug-likeness (QED) is 0.488. The summed E-state index contributed by atoms with van der Waals surface area (Å²) in [5.41, 5.74) is -0.640. The lowest BCUT2D eigenvalue weighted by atomic mass is 10.1. The van der Waals surface area contributed by atoms with Gasteiger partial charge in [0.05, 0.1) is 12.7 Å². The van der Waals surface area contributed by atoms with Crippen molar-refractivity contribution in [3.05, 3.63) is 27.5 Å². The van der Waals surface area contributed by atoms with Gasteiger partial charge in [-0.15, -0.1) is 11.6 Å². The van der Waals surface area contributed by atoms with Gasteiger partial charge in [0.25, 0.3) is 6.43 Å². The van der Waals surface area contributed by atoms with E-state index in [0.29, 0.717) is 0 Å². The minimum Gasteiger partial charge on any atom is -0.465 e. The van der Waals surface area contributed by atoms with Crippen molar-refractivity contribution in [1.29, 1.82) is 0 Å². The number of alkyl halides is 3. The van der Waals surface area contributed by atoms with Crippen LogP contribution in [0.2, 0.25) is 0 Å². The summed E-state index contributed by atoms with van der Waals surface area (Å²) in [5, 5.41) is 0. The fourth-order valence-corrected chi connectivity index (χ4v) is 1.86. The molecule has 0 saturated carbocycles. The summed E-state index contributed by atoms with van der Waals surface area (Å²) < 4.78 is 30.0. The minimum atomic E-state index is -2.87. The number of aromatic nitrogens is 1. The smallest absolute Gasteiger partial charge is 0.340 e. The molecule has 0 unspecified atom stereocenters. The summed E-state index contributed by atoms with van der Waals surface area (Å²) in [6.45, 7) is 0. The highest BCUT2D eigenvalue weighted by Gasteiger charge is 2.24. The Morgan fingerprint density at radius 1 is 1.69 bits per heavy atom. The molecule has 1 aromatic rings. The zero-order chi connectivity index (χ0) is 12.3. The molecule has 0 radical (unpaired) electrons. The van der Waals surface area contributed by atoms with Crippen LogP contribution >= 0.6 is 27.5 Å². The van der Waals surface area contributed by atoms with Gasteiger partial charge in [-0.1, -0.05) is 0 Å². The Balaban J connectivity index is 3.45. The van der Waals surface area contributed by atoms with Crippen molar-refractivity contribution in [1.82, 2.24) is 4.98 Å². The van der Waals surface area contributed by atoms with Crippen molar-refractivity contribution >= 4 is 33.5 Å². The maximum absolute atomic E-state index is 12.7. The monoisotopic (exact) mass is 313 g/mol. The molecular weight excluding hydrogens is 307 g/mol. The summed E-state index contributed by atoms with van der Waals surface area (Å²) >= 11 is 8.55. The molecule has 1 aromatic heterocycles. The van der Waals surface area contributed by atoms with Gasteiger partial charge in [-0.3, -0.25) is 0 Å². The Bertz CT molecular complexity index is 415. The Kier molecular flexibility index (Phi) is 4.61. The van der Waals surface area contributed by atoms with Gasteiger partial charge in [-0.2, -0.15) is 0 Å². The van der Waals surface area contributed by atoms with Crippen molar-refractivity contribution in [2.45, 2.75) is 12.3 Å². The Morgan fingerprint density at radius 3 is 2.75 bits per heavy atom. The van der Waals surface area contributed by atoms with E-state index < -0.39 is 18.1 Å². The van der Waals surface area contributed by atoms with E-state index in [0.717, 1.165) is 7.11 Å². The molecule has 16 heavy (non-hydrogen) atoms. The fraction of sp³-hybridized carbons (Fsp3) is 0.333. The average Bonchev–Trinajstić information content (AvgIpc) is 2.26. The standard InChI is InChI=1S/C9H7BrClF2NO2/c1-16-9(15)6-4(3-11)2-5(10)14-7(6)8(12)13/h2,8H,3H2,1H3. The number of halogens is 4. The van der Waals surface area contributed by atoms with Crippen molar-refractivity contribution in [3.63, 3.8) is 0 Å². The number of hydrogen-bond donors (Lipinski definition) is 0. The van der Waals surface area contributed by atoms with Gasteiger partial charge in [0.1, 0.15) is 10.3 Å². The van der Waals surface area contributed by atoms with Crippen LogP contribution in [0.3, 0.4) is 0 Å². The number of carbonyl (C=O) groups is 1. The third-order valence-corrected chi connectivity index (χ3v) is 2.53. The second kappa shape index (κ2) is 5.54. The minimum absolute atomic E-state index is 0.0781. The van der Waals surface area contributed by atoms with Gasteiger partial charge in [0.2, 0.25) is 0 Å². The molecule has 1 heterocycles. The number of ether oxygens (including phenoxy) is 1. The van der Waals surface area contributed by atoms with E-state index in [1.54, 1.807) is 0 Å². The maximum atomic E-state index is 12.7. The number of carbonyl (C=O) groups excluding carboxylic acids is 1. The van der Waals surface area contributed by atoms with Gasteiger partial charge < -0.3 is 4.74 Å². The molecule has 0 aliphatic carbocycles. The molecule has 0 saturated heterocycles. The summed E-state index contributed by atoms with van der Waals surface area (Å²) in [7, 11) is 1.11. The second-order valence-corrected chi connectivity index (χ2v) is 3.87. The summed E-state index contributed by atoms with van der Waals surface area (Å²) in [5.74, 6) is -0.948. The van der Waals surface area contributed by atoms with Gasteiger partial charge in [0, 0.05) is 5.88 Å². The predicted molar refractivity (Wildman–Crippen MR) is 57.8 cm³/mol. The van der Waals surface area contributed by atoms with Gasteiger partial charge in [-0.05, 0) is 27.6 Å². The molecule has 7 heteroatoms. The Labute approximate surface area is 104 Å². The van der Waals surface area contributed by atoms with Crippen LogP contribution in [0, 0.1) is 0 Å². The third kappa shape index (κ3) is 2.68. The molecule has 0 aliphatic rings. The van der Waals surface area contributed by atoms with E-state index >= 15 is 0 Å². The molecule has 0 amide bonds. The number of nitrogens with zero attached hydrogens (tertiary/aromatic N) is 1. The molecule has 0 aromatic carbocycles. The van der Waals surface area contributed by atoms with Crippen LogP contribution in [0.4, 0.5) is 8.78 Å². The second-order valence-electron chi connectivity index (χ2n) is 2.79.